The molecule has 0 spiro atoms. The molecule has 0 N–H and O–H groups in total. The minimum absolute atomic E-state index is 0.000601. The molecule has 0 radical (unpaired) electrons. The highest BCUT2D eigenvalue weighted by Crippen LogP contribution is 2.22. The number of aromatic nitrogens is 3. The molecule has 21 heavy (non-hydrogen) atoms. The lowest BCUT2D eigenvalue weighted by Gasteiger charge is -2.10. The molecule has 0 aliphatic heterocycles. The second-order valence-corrected chi connectivity index (χ2v) is 5.63. The van der Waals surface area contributed by atoms with Gasteiger partial charge in [0.05, 0.1) is 22.3 Å². The fourth-order valence-corrected chi connectivity index (χ4v) is 3.09. The van der Waals surface area contributed by atoms with E-state index in [4.69, 9.17) is 4.52 Å². The molecular formula is C15H15N3O2S. The zero-order valence-electron chi connectivity index (χ0n) is 11.9. The van der Waals surface area contributed by atoms with Crippen LogP contribution < -0.4 is 5.56 Å². The molecule has 2 heterocycles. The van der Waals surface area contributed by atoms with Gasteiger partial charge in [0.25, 0.3) is 5.56 Å². The van der Waals surface area contributed by atoms with Crippen LogP contribution >= 0.6 is 11.8 Å². The molecule has 0 fully saturated rings. The maximum Gasteiger partial charge on any atom is 0.262 e. The number of para-hydroxylation sites is 1. The molecule has 3 aromatic rings. The molecule has 0 saturated carbocycles. The fraction of sp³-hybridized carbons (Fsp3) is 0.267. The summed E-state index contributed by atoms with van der Waals surface area (Å²) in [5.41, 5.74) is 1.58. The normalized spacial score (nSPS) is 11.1. The molecule has 2 aromatic heterocycles. The Bertz CT molecular complexity index is 838. The molecule has 5 nitrogen and oxygen atoms in total. The first-order valence-corrected chi connectivity index (χ1v) is 7.72. The van der Waals surface area contributed by atoms with Gasteiger partial charge in [0.1, 0.15) is 5.76 Å². The summed E-state index contributed by atoms with van der Waals surface area (Å²) in [7, 11) is 0. The minimum atomic E-state index is -0.000601. The van der Waals surface area contributed by atoms with Crippen LogP contribution in [0.25, 0.3) is 10.9 Å². The number of benzene rings is 1. The lowest BCUT2D eigenvalue weighted by atomic mass is 10.2. The predicted molar refractivity (Wildman–Crippen MR) is 82.5 cm³/mol. The third-order valence-corrected chi connectivity index (χ3v) is 4.16. The van der Waals surface area contributed by atoms with Crippen LogP contribution in [0.2, 0.25) is 0 Å². The minimum Gasteiger partial charge on any atom is -0.360 e. The Morgan fingerprint density at radius 2 is 2.14 bits per heavy atom. The Balaban J connectivity index is 1.99. The average molecular weight is 301 g/mol. The van der Waals surface area contributed by atoms with Crippen LogP contribution in [0.1, 0.15) is 18.4 Å². The van der Waals surface area contributed by atoms with E-state index < -0.39 is 0 Å². The van der Waals surface area contributed by atoms with E-state index in [1.807, 2.05) is 44.2 Å². The molecular weight excluding hydrogens is 286 g/mol. The van der Waals surface area contributed by atoms with E-state index in [0.717, 1.165) is 17.0 Å². The van der Waals surface area contributed by atoms with Crippen molar-refractivity contribution in [2.75, 3.05) is 0 Å². The first-order valence-electron chi connectivity index (χ1n) is 6.73. The van der Waals surface area contributed by atoms with Crippen LogP contribution in [0, 0.1) is 6.92 Å². The highest BCUT2D eigenvalue weighted by atomic mass is 32.2. The van der Waals surface area contributed by atoms with Crippen molar-refractivity contribution in [1.29, 1.82) is 0 Å². The maximum atomic E-state index is 12.5. The van der Waals surface area contributed by atoms with Gasteiger partial charge < -0.3 is 4.52 Å². The van der Waals surface area contributed by atoms with Gasteiger partial charge >= 0.3 is 0 Å². The van der Waals surface area contributed by atoms with E-state index in [9.17, 15) is 4.79 Å². The van der Waals surface area contributed by atoms with Gasteiger partial charge in [0.15, 0.2) is 5.16 Å². The quantitative estimate of drug-likeness (QED) is 0.547. The summed E-state index contributed by atoms with van der Waals surface area (Å²) in [6.07, 6.45) is 0. The van der Waals surface area contributed by atoms with E-state index in [1.54, 1.807) is 4.57 Å². The van der Waals surface area contributed by atoms with Crippen molar-refractivity contribution in [2.24, 2.45) is 0 Å². The van der Waals surface area contributed by atoms with Gasteiger partial charge in [0.2, 0.25) is 0 Å². The van der Waals surface area contributed by atoms with Crippen molar-refractivity contribution in [1.82, 2.24) is 14.7 Å². The molecule has 0 bridgehead atoms. The highest BCUT2D eigenvalue weighted by Gasteiger charge is 2.11. The van der Waals surface area contributed by atoms with Gasteiger partial charge in [-0.1, -0.05) is 29.1 Å². The van der Waals surface area contributed by atoms with E-state index in [1.165, 1.54) is 11.8 Å². The van der Waals surface area contributed by atoms with Crippen LogP contribution in [0.5, 0.6) is 0 Å². The largest absolute Gasteiger partial charge is 0.360 e. The topological polar surface area (TPSA) is 60.9 Å². The summed E-state index contributed by atoms with van der Waals surface area (Å²) >= 11 is 1.49. The summed E-state index contributed by atoms with van der Waals surface area (Å²) in [6, 6.07) is 9.31. The van der Waals surface area contributed by atoms with Gasteiger partial charge in [-0.15, -0.1) is 0 Å². The molecule has 0 amide bonds. The number of nitrogens with zero attached hydrogens (tertiary/aromatic N) is 3. The third-order valence-electron chi connectivity index (χ3n) is 3.16. The Hall–Kier alpha value is -2.08. The molecule has 0 atom stereocenters. The summed E-state index contributed by atoms with van der Waals surface area (Å²) in [5, 5.41) is 5.22. The SMILES string of the molecule is CCn1c(SCc2cc(C)no2)nc2ccccc2c1=O. The molecule has 0 aliphatic carbocycles. The Morgan fingerprint density at radius 3 is 2.86 bits per heavy atom. The van der Waals surface area contributed by atoms with E-state index in [-0.39, 0.29) is 5.56 Å². The Kier molecular flexibility index (Phi) is 3.79. The first kappa shape index (κ1) is 13.9. The third kappa shape index (κ3) is 2.71. The average Bonchev–Trinajstić information content (AvgIpc) is 2.91. The van der Waals surface area contributed by atoms with Crippen molar-refractivity contribution >= 4 is 22.7 Å². The second kappa shape index (κ2) is 5.73. The van der Waals surface area contributed by atoms with Crippen LogP contribution in [0.4, 0.5) is 0 Å². The van der Waals surface area contributed by atoms with Gasteiger partial charge in [-0.25, -0.2) is 4.98 Å². The zero-order valence-corrected chi connectivity index (χ0v) is 12.7. The van der Waals surface area contributed by atoms with Gasteiger partial charge in [-0.2, -0.15) is 0 Å². The predicted octanol–water partition coefficient (Wildman–Crippen LogP) is 3.01. The summed E-state index contributed by atoms with van der Waals surface area (Å²) in [6.45, 7) is 4.42. The summed E-state index contributed by atoms with van der Waals surface area (Å²) in [5.74, 6) is 1.38. The van der Waals surface area contributed by atoms with Crippen LogP contribution in [0.15, 0.2) is 44.8 Å². The number of hydrogen-bond acceptors (Lipinski definition) is 5. The molecule has 3 rings (SSSR count). The van der Waals surface area contributed by atoms with E-state index in [0.29, 0.717) is 22.8 Å². The van der Waals surface area contributed by atoms with Crippen LogP contribution in [0.3, 0.4) is 0 Å². The number of rotatable bonds is 4. The van der Waals surface area contributed by atoms with Crippen molar-refractivity contribution in [3.05, 3.63) is 52.1 Å². The molecule has 0 saturated heterocycles. The van der Waals surface area contributed by atoms with Crippen molar-refractivity contribution in [2.45, 2.75) is 31.3 Å². The second-order valence-electron chi connectivity index (χ2n) is 4.68. The standard InChI is InChI=1S/C15H15N3O2S/c1-3-18-14(19)12-6-4-5-7-13(12)16-15(18)21-9-11-8-10(2)17-20-11/h4-8H,3,9H2,1-2H3. The van der Waals surface area contributed by atoms with Crippen LogP contribution in [-0.4, -0.2) is 14.7 Å². The number of aryl methyl sites for hydroxylation is 1. The van der Waals surface area contributed by atoms with Crippen LogP contribution in [-0.2, 0) is 12.3 Å². The van der Waals surface area contributed by atoms with Gasteiger partial charge in [-0.3, -0.25) is 9.36 Å². The van der Waals surface area contributed by atoms with Gasteiger partial charge in [0, 0.05) is 12.6 Å². The first-order chi connectivity index (χ1) is 10.2. The summed E-state index contributed by atoms with van der Waals surface area (Å²) in [4.78, 5) is 17.1. The lowest BCUT2D eigenvalue weighted by molar-refractivity contribution is 0.391. The maximum absolute atomic E-state index is 12.5. The number of fused-ring (bicyclic) bond motifs is 1. The monoisotopic (exact) mass is 301 g/mol. The number of thioether (sulfide) groups is 1. The highest BCUT2D eigenvalue weighted by molar-refractivity contribution is 7.98. The van der Waals surface area contributed by atoms with E-state index >= 15 is 0 Å². The molecule has 1 aromatic carbocycles. The molecule has 0 unspecified atom stereocenters. The Morgan fingerprint density at radius 1 is 1.33 bits per heavy atom. The number of hydrogen-bond donors (Lipinski definition) is 0. The molecule has 108 valence electrons. The molecule has 0 aliphatic rings. The fourth-order valence-electron chi connectivity index (χ4n) is 2.16. The lowest BCUT2D eigenvalue weighted by Crippen LogP contribution is -2.22. The summed E-state index contributed by atoms with van der Waals surface area (Å²) < 4.78 is 6.88. The van der Waals surface area contributed by atoms with Crippen molar-refractivity contribution < 1.29 is 4.52 Å². The van der Waals surface area contributed by atoms with E-state index in [2.05, 4.69) is 10.1 Å². The Labute approximate surface area is 126 Å². The van der Waals surface area contributed by atoms with Gasteiger partial charge in [-0.05, 0) is 26.0 Å². The molecule has 6 heteroatoms. The smallest absolute Gasteiger partial charge is 0.262 e. The van der Waals surface area contributed by atoms with Crippen molar-refractivity contribution in [3.8, 4) is 0 Å². The zero-order chi connectivity index (χ0) is 14.8. The van der Waals surface area contributed by atoms with Crippen molar-refractivity contribution in [3.63, 3.8) is 0 Å².